The number of nitrogens with zero attached hydrogens (tertiary/aromatic N) is 2. The molecule has 0 radical (unpaired) electrons. The summed E-state index contributed by atoms with van der Waals surface area (Å²) in [5.41, 5.74) is 2.68. The Bertz CT molecular complexity index is 591. The summed E-state index contributed by atoms with van der Waals surface area (Å²) in [4.78, 5) is 4.16. The Morgan fingerprint density at radius 3 is 2.58 bits per heavy atom. The number of aromatic nitrogens is 1. The van der Waals surface area contributed by atoms with Crippen molar-refractivity contribution in [3.8, 4) is 6.07 Å². The lowest BCUT2D eigenvalue weighted by molar-refractivity contribution is 0.480. The van der Waals surface area contributed by atoms with Crippen LogP contribution in [0, 0.1) is 18.3 Å². The third-order valence-corrected chi connectivity index (χ3v) is 2.82. The van der Waals surface area contributed by atoms with E-state index in [4.69, 9.17) is 9.68 Å². The fraction of sp³-hybridized carbons (Fsp3) is 0.333. The molecule has 0 spiro atoms. The molecule has 1 aromatic carbocycles. The summed E-state index contributed by atoms with van der Waals surface area (Å²) < 4.78 is 5.57. The number of anilines is 1. The van der Waals surface area contributed by atoms with Crippen molar-refractivity contribution in [3.05, 3.63) is 47.0 Å². The number of aryl methyl sites for hydroxylation is 1. The van der Waals surface area contributed by atoms with E-state index in [1.54, 1.807) is 0 Å². The van der Waals surface area contributed by atoms with Crippen molar-refractivity contribution in [1.82, 2.24) is 4.98 Å². The van der Waals surface area contributed by atoms with Crippen LogP contribution in [0.3, 0.4) is 0 Å². The van der Waals surface area contributed by atoms with Gasteiger partial charge in [0.25, 0.3) is 0 Å². The second kappa shape index (κ2) is 5.57. The molecule has 1 aromatic heterocycles. The van der Waals surface area contributed by atoms with Crippen LogP contribution < -0.4 is 5.32 Å². The van der Waals surface area contributed by atoms with Crippen molar-refractivity contribution < 1.29 is 4.42 Å². The second-order valence-electron chi connectivity index (χ2n) is 4.84. The smallest absolute Gasteiger partial charge is 0.232 e. The van der Waals surface area contributed by atoms with Gasteiger partial charge >= 0.3 is 0 Å². The molecule has 0 atom stereocenters. The Morgan fingerprint density at radius 1 is 1.32 bits per heavy atom. The molecule has 0 bridgehead atoms. The highest BCUT2D eigenvalue weighted by atomic mass is 16.4. The molecule has 98 valence electrons. The first-order valence-corrected chi connectivity index (χ1v) is 6.30. The van der Waals surface area contributed by atoms with Crippen LogP contribution >= 0.6 is 0 Å². The van der Waals surface area contributed by atoms with Crippen LogP contribution in [-0.2, 0) is 6.54 Å². The molecule has 0 saturated heterocycles. The second-order valence-corrected chi connectivity index (χ2v) is 4.84. The van der Waals surface area contributed by atoms with E-state index in [-0.39, 0.29) is 5.92 Å². The zero-order chi connectivity index (χ0) is 13.8. The van der Waals surface area contributed by atoms with E-state index in [2.05, 4.69) is 29.4 Å². The van der Waals surface area contributed by atoms with Gasteiger partial charge in [-0.05, 0) is 12.5 Å². The Morgan fingerprint density at radius 2 is 2.00 bits per heavy atom. The lowest BCUT2D eigenvalue weighted by Gasteiger charge is -2.04. The number of hydrogen-bond donors (Lipinski definition) is 1. The normalized spacial score (nSPS) is 10.5. The zero-order valence-electron chi connectivity index (χ0n) is 11.4. The quantitative estimate of drug-likeness (QED) is 0.906. The van der Waals surface area contributed by atoms with Gasteiger partial charge in [-0.2, -0.15) is 5.26 Å². The van der Waals surface area contributed by atoms with Crippen molar-refractivity contribution in [2.45, 2.75) is 33.2 Å². The topological polar surface area (TPSA) is 61.9 Å². The third kappa shape index (κ3) is 3.14. The predicted molar refractivity (Wildman–Crippen MR) is 73.8 cm³/mol. The number of hydrogen-bond acceptors (Lipinski definition) is 4. The summed E-state index contributed by atoms with van der Waals surface area (Å²) in [6.45, 7) is 6.63. The molecule has 4 nitrogen and oxygen atoms in total. The molecule has 2 aromatic rings. The first kappa shape index (κ1) is 13.2. The molecule has 0 aliphatic rings. The summed E-state index contributed by atoms with van der Waals surface area (Å²) in [5.74, 6) is 1.21. The lowest BCUT2D eigenvalue weighted by Crippen LogP contribution is -1.99. The Labute approximate surface area is 113 Å². The van der Waals surface area contributed by atoms with Gasteiger partial charge < -0.3 is 9.73 Å². The number of rotatable bonds is 4. The minimum atomic E-state index is 0.169. The van der Waals surface area contributed by atoms with Crippen LogP contribution in [0.25, 0.3) is 0 Å². The van der Waals surface area contributed by atoms with Crippen LogP contribution in [0.4, 0.5) is 5.88 Å². The van der Waals surface area contributed by atoms with Crippen molar-refractivity contribution >= 4 is 5.88 Å². The van der Waals surface area contributed by atoms with Gasteiger partial charge in [0, 0.05) is 12.5 Å². The minimum absolute atomic E-state index is 0.169. The first-order valence-electron chi connectivity index (χ1n) is 6.30. The fourth-order valence-corrected chi connectivity index (χ4v) is 1.67. The predicted octanol–water partition coefficient (Wildman–Crippen LogP) is 3.59. The SMILES string of the molecule is Cc1ccc(CNc2oc(C(C)C)nc2C#N)cc1. The summed E-state index contributed by atoms with van der Waals surface area (Å²) >= 11 is 0. The van der Waals surface area contributed by atoms with Gasteiger partial charge in [-0.25, -0.2) is 4.98 Å². The monoisotopic (exact) mass is 255 g/mol. The number of nitrogens with one attached hydrogen (secondary N) is 1. The maximum Gasteiger partial charge on any atom is 0.232 e. The van der Waals surface area contributed by atoms with Crippen molar-refractivity contribution in [1.29, 1.82) is 5.26 Å². The molecule has 0 saturated carbocycles. The van der Waals surface area contributed by atoms with Gasteiger partial charge in [0.05, 0.1) is 0 Å². The van der Waals surface area contributed by atoms with Crippen LogP contribution in [0.2, 0.25) is 0 Å². The summed E-state index contributed by atoms with van der Waals surface area (Å²) in [6, 6.07) is 10.3. The molecule has 1 heterocycles. The summed E-state index contributed by atoms with van der Waals surface area (Å²) in [5, 5.41) is 12.2. The summed E-state index contributed by atoms with van der Waals surface area (Å²) in [7, 11) is 0. The largest absolute Gasteiger partial charge is 0.424 e. The van der Waals surface area contributed by atoms with E-state index in [1.165, 1.54) is 5.56 Å². The van der Waals surface area contributed by atoms with E-state index < -0.39 is 0 Å². The lowest BCUT2D eigenvalue weighted by atomic mass is 10.1. The molecule has 0 amide bonds. The van der Waals surface area contributed by atoms with Crippen molar-refractivity contribution in [2.75, 3.05) is 5.32 Å². The molecule has 0 unspecified atom stereocenters. The molecular formula is C15H17N3O. The first-order chi connectivity index (χ1) is 9.10. The Hall–Kier alpha value is -2.28. The Kier molecular flexibility index (Phi) is 3.86. The van der Waals surface area contributed by atoms with Gasteiger partial charge in [-0.1, -0.05) is 43.7 Å². The number of nitriles is 1. The maximum atomic E-state index is 9.03. The van der Waals surface area contributed by atoms with E-state index in [0.29, 0.717) is 24.0 Å². The number of oxazole rings is 1. The molecule has 4 heteroatoms. The van der Waals surface area contributed by atoms with Gasteiger partial charge in [-0.15, -0.1) is 0 Å². The van der Waals surface area contributed by atoms with Crippen LogP contribution in [0.1, 0.15) is 42.5 Å². The molecule has 2 rings (SSSR count). The van der Waals surface area contributed by atoms with Crippen LogP contribution in [-0.4, -0.2) is 4.98 Å². The molecule has 0 aliphatic heterocycles. The van der Waals surface area contributed by atoms with Crippen molar-refractivity contribution in [3.63, 3.8) is 0 Å². The van der Waals surface area contributed by atoms with Crippen LogP contribution in [0.15, 0.2) is 28.7 Å². The van der Waals surface area contributed by atoms with E-state index in [0.717, 1.165) is 5.56 Å². The minimum Gasteiger partial charge on any atom is -0.424 e. The molecule has 1 N–H and O–H groups in total. The highest BCUT2D eigenvalue weighted by Gasteiger charge is 2.14. The highest BCUT2D eigenvalue weighted by molar-refractivity contribution is 5.46. The van der Waals surface area contributed by atoms with Crippen LogP contribution in [0.5, 0.6) is 0 Å². The molecular weight excluding hydrogens is 238 g/mol. The average molecular weight is 255 g/mol. The maximum absolute atomic E-state index is 9.03. The van der Waals surface area contributed by atoms with Gasteiger partial charge in [0.1, 0.15) is 6.07 Å². The summed E-state index contributed by atoms with van der Waals surface area (Å²) in [6.07, 6.45) is 0. The van der Waals surface area contributed by atoms with E-state index >= 15 is 0 Å². The molecule has 0 fully saturated rings. The van der Waals surface area contributed by atoms with E-state index in [9.17, 15) is 0 Å². The third-order valence-electron chi connectivity index (χ3n) is 2.82. The fourth-order valence-electron chi connectivity index (χ4n) is 1.67. The van der Waals surface area contributed by atoms with Gasteiger partial charge in [-0.3, -0.25) is 0 Å². The van der Waals surface area contributed by atoms with E-state index in [1.807, 2.05) is 32.0 Å². The molecule has 0 aliphatic carbocycles. The Balaban J connectivity index is 2.11. The number of benzene rings is 1. The van der Waals surface area contributed by atoms with Gasteiger partial charge in [0.2, 0.25) is 17.5 Å². The van der Waals surface area contributed by atoms with Crippen molar-refractivity contribution in [2.24, 2.45) is 0 Å². The average Bonchev–Trinajstić information content (AvgIpc) is 2.81. The standard InChI is InChI=1S/C15H17N3O/c1-10(2)14-18-13(8-16)15(19-14)17-9-12-6-4-11(3)5-7-12/h4-7,10,17H,9H2,1-3H3. The molecule has 19 heavy (non-hydrogen) atoms. The zero-order valence-corrected chi connectivity index (χ0v) is 11.4. The highest BCUT2D eigenvalue weighted by Crippen LogP contribution is 2.22. The van der Waals surface area contributed by atoms with Gasteiger partial charge in [0.15, 0.2) is 0 Å².